The molecule has 2 amide bonds. The van der Waals surface area contributed by atoms with Gasteiger partial charge in [0.15, 0.2) is 5.13 Å². The van der Waals surface area contributed by atoms with Crippen molar-refractivity contribution in [2.75, 3.05) is 10.6 Å². The number of hydrogen-bond acceptors (Lipinski definition) is 4. The molecule has 0 atom stereocenters. The first-order valence-electron chi connectivity index (χ1n) is 8.84. The zero-order valence-corrected chi connectivity index (χ0v) is 17.0. The molecule has 0 fully saturated rings. The van der Waals surface area contributed by atoms with E-state index in [1.54, 1.807) is 12.1 Å². The quantitative estimate of drug-likeness (QED) is 0.440. The third-order valence-corrected chi connectivity index (χ3v) is 5.65. The highest BCUT2D eigenvalue weighted by Crippen LogP contribution is 2.27. The van der Waals surface area contributed by atoms with Crippen LogP contribution in [-0.2, 0) is 0 Å². The van der Waals surface area contributed by atoms with Gasteiger partial charge in [-0.05, 0) is 41.5 Å². The Morgan fingerprint density at radius 3 is 2.52 bits per heavy atom. The lowest BCUT2D eigenvalue weighted by molar-refractivity contribution is 0.102. The molecule has 0 unspecified atom stereocenters. The predicted molar refractivity (Wildman–Crippen MR) is 118 cm³/mol. The van der Waals surface area contributed by atoms with Crippen LogP contribution >= 0.6 is 22.9 Å². The molecule has 1 aromatic heterocycles. The number of fused-ring (bicyclic) bond motifs is 1. The monoisotopic (exact) mass is 421 g/mol. The van der Waals surface area contributed by atoms with Crippen molar-refractivity contribution >= 4 is 56.3 Å². The van der Waals surface area contributed by atoms with Crippen molar-refractivity contribution < 1.29 is 9.59 Å². The van der Waals surface area contributed by atoms with E-state index < -0.39 is 0 Å². The molecule has 0 aliphatic heterocycles. The molecule has 0 saturated carbocycles. The van der Waals surface area contributed by atoms with Gasteiger partial charge < -0.3 is 5.32 Å². The highest BCUT2D eigenvalue weighted by molar-refractivity contribution is 7.17. The van der Waals surface area contributed by atoms with Crippen molar-refractivity contribution in [3.8, 4) is 0 Å². The van der Waals surface area contributed by atoms with Crippen LogP contribution in [0.2, 0.25) is 5.02 Å². The standard InChI is InChI=1S/C22H16ClN3O2S/c1-13-5-4-8-17(23)19(13)25-21(28)18-12-24-22(29-18)26-20(27)16-10-9-14-6-2-3-7-15(14)11-16/h2-12H,1H3,(H,25,28)(H,24,26,27). The van der Waals surface area contributed by atoms with E-state index in [-0.39, 0.29) is 11.8 Å². The van der Waals surface area contributed by atoms with Gasteiger partial charge in [-0.25, -0.2) is 4.98 Å². The van der Waals surface area contributed by atoms with Crippen LogP contribution in [0, 0.1) is 6.92 Å². The Hall–Kier alpha value is -3.22. The van der Waals surface area contributed by atoms with E-state index >= 15 is 0 Å². The van der Waals surface area contributed by atoms with Gasteiger partial charge >= 0.3 is 0 Å². The molecular weight excluding hydrogens is 406 g/mol. The maximum Gasteiger partial charge on any atom is 0.267 e. The third-order valence-electron chi connectivity index (χ3n) is 4.42. The number of carbonyl (C=O) groups excluding carboxylic acids is 2. The summed E-state index contributed by atoms with van der Waals surface area (Å²) in [5, 5.41) is 8.41. The summed E-state index contributed by atoms with van der Waals surface area (Å²) in [4.78, 5) is 29.6. The Labute approximate surface area is 176 Å². The Balaban J connectivity index is 1.48. The molecule has 0 spiro atoms. The lowest BCUT2D eigenvalue weighted by Gasteiger charge is -2.08. The summed E-state index contributed by atoms with van der Waals surface area (Å²) in [5.74, 6) is -0.607. The van der Waals surface area contributed by atoms with Gasteiger partial charge in [-0.3, -0.25) is 14.9 Å². The molecular formula is C22H16ClN3O2S. The topological polar surface area (TPSA) is 71.1 Å². The summed E-state index contributed by atoms with van der Waals surface area (Å²) in [5.41, 5.74) is 1.95. The summed E-state index contributed by atoms with van der Waals surface area (Å²) < 4.78 is 0. The highest BCUT2D eigenvalue weighted by Gasteiger charge is 2.15. The minimum Gasteiger partial charge on any atom is -0.320 e. The number of carbonyl (C=O) groups is 2. The second kappa shape index (κ2) is 8.03. The average Bonchev–Trinajstić information content (AvgIpc) is 3.19. The van der Waals surface area contributed by atoms with E-state index in [2.05, 4.69) is 15.6 Å². The number of para-hydroxylation sites is 1. The summed E-state index contributed by atoms with van der Waals surface area (Å²) in [6.45, 7) is 1.86. The van der Waals surface area contributed by atoms with Crippen molar-refractivity contribution in [3.63, 3.8) is 0 Å². The molecule has 2 N–H and O–H groups in total. The zero-order valence-electron chi connectivity index (χ0n) is 15.4. The van der Waals surface area contributed by atoms with Crippen LogP contribution in [0.1, 0.15) is 25.6 Å². The molecule has 3 aromatic carbocycles. The molecule has 0 aliphatic rings. The first-order valence-corrected chi connectivity index (χ1v) is 10.0. The van der Waals surface area contributed by atoms with Gasteiger partial charge in [-0.15, -0.1) is 0 Å². The molecule has 0 aliphatic carbocycles. The van der Waals surface area contributed by atoms with Crippen LogP contribution in [0.5, 0.6) is 0 Å². The lowest BCUT2D eigenvalue weighted by Crippen LogP contribution is -2.12. The number of anilines is 2. The van der Waals surface area contributed by atoms with Crippen LogP contribution in [0.4, 0.5) is 10.8 Å². The number of nitrogens with one attached hydrogen (secondary N) is 2. The predicted octanol–water partition coefficient (Wildman–Crippen LogP) is 5.76. The molecule has 7 heteroatoms. The molecule has 144 valence electrons. The van der Waals surface area contributed by atoms with E-state index in [4.69, 9.17) is 11.6 Å². The number of benzene rings is 3. The Kier molecular flexibility index (Phi) is 5.29. The SMILES string of the molecule is Cc1cccc(Cl)c1NC(=O)c1cnc(NC(=O)c2ccc3ccccc3c2)s1. The number of aryl methyl sites for hydroxylation is 1. The second-order valence-corrected chi connectivity index (χ2v) is 7.87. The number of nitrogens with zero attached hydrogens (tertiary/aromatic N) is 1. The minimum atomic E-state index is -0.329. The lowest BCUT2D eigenvalue weighted by atomic mass is 10.1. The summed E-state index contributed by atoms with van der Waals surface area (Å²) in [7, 11) is 0. The van der Waals surface area contributed by atoms with E-state index in [0.29, 0.717) is 26.3 Å². The summed E-state index contributed by atoms with van der Waals surface area (Å²) in [6.07, 6.45) is 1.43. The van der Waals surface area contributed by atoms with Crippen LogP contribution in [0.15, 0.2) is 66.9 Å². The first-order chi connectivity index (χ1) is 14.0. The van der Waals surface area contributed by atoms with Gasteiger partial charge in [-0.1, -0.05) is 65.4 Å². The van der Waals surface area contributed by atoms with Gasteiger partial charge in [0, 0.05) is 5.56 Å². The first kappa shape index (κ1) is 19.1. The fraction of sp³-hybridized carbons (Fsp3) is 0.0455. The van der Waals surface area contributed by atoms with E-state index in [9.17, 15) is 9.59 Å². The summed E-state index contributed by atoms with van der Waals surface area (Å²) >= 11 is 7.26. The van der Waals surface area contributed by atoms with Crippen molar-refractivity contribution in [3.05, 3.63) is 87.9 Å². The Bertz CT molecular complexity index is 1220. The third kappa shape index (κ3) is 4.13. The van der Waals surface area contributed by atoms with Gasteiger partial charge in [0.25, 0.3) is 11.8 Å². The Morgan fingerprint density at radius 1 is 0.931 bits per heavy atom. The van der Waals surface area contributed by atoms with Gasteiger partial charge in [0.2, 0.25) is 0 Å². The maximum atomic E-state index is 12.6. The molecule has 1 heterocycles. The Morgan fingerprint density at radius 2 is 1.72 bits per heavy atom. The van der Waals surface area contributed by atoms with Crippen LogP contribution in [0.25, 0.3) is 10.8 Å². The number of amides is 2. The van der Waals surface area contributed by atoms with Gasteiger partial charge in [-0.2, -0.15) is 0 Å². The van der Waals surface area contributed by atoms with Crippen molar-refractivity contribution in [1.29, 1.82) is 0 Å². The van der Waals surface area contributed by atoms with E-state index in [1.165, 1.54) is 6.20 Å². The van der Waals surface area contributed by atoms with Gasteiger partial charge in [0.05, 0.1) is 16.9 Å². The number of halogens is 1. The normalized spacial score (nSPS) is 10.7. The maximum absolute atomic E-state index is 12.6. The van der Waals surface area contributed by atoms with Crippen molar-refractivity contribution in [2.24, 2.45) is 0 Å². The molecule has 4 rings (SSSR count). The fourth-order valence-electron chi connectivity index (χ4n) is 2.90. The van der Waals surface area contributed by atoms with E-state index in [1.807, 2.05) is 55.5 Å². The number of aromatic nitrogens is 1. The summed E-state index contributed by atoms with van der Waals surface area (Å²) in [6, 6.07) is 18.7. The molecule has 4 aromatic rings. The fourth-order valence-corrected chi connectivity index (χ4v) is 3.88. The number of rotatable bonds is 4. The second-order valence-electron chi connectivity index (χ2n) is 6.43. The number of hydrogen-bond donors (Lipinski definition) is 2. The van der Waals surface area contributed by atoms with Crippen molar-refractivity contribution in [2.45, 2.75) is 6.92 Å². The van der Waals surface area contributed by atoms with Crippen molar-refractivity contribution in [1.82, 2.24) is 4.98 Å². The highest BCUT2D eigenvalue weighted by atomic mass is 35.5. The smallest absolute Gasteiger partial charge is 0.267 e. The van der Waals surface area contributed by atoms with E-state index in [0.717, 1.165) is 27.7 Å². The molecule has 29 heavy (non-hydrogen) atoms. The van der Waals surface area contributed by atoms with Crippen LogP contribution in [-0.4, -0.2) is 16.8 Å². The molecule has 0 bridgehead atoms. The van der Waals surface area contributed by atoms with Gasteiger partial charge in [0.1, 0.15) is 4.88 Å². The minimum absolute atomic E-state index is 0.279. The largest absolute Gasteiger partial charge is 0.320 e. The average molecular weight is 422 g/mol. The number of thiazole rings is 1. The zero-order chi connectivity index (χ0) is 20.4. The molecule has 0 radical (unpaired) electrons. The van der Waals surface area contributed by atoms with Crippen LogP contribution < -0.4 is 10.6 Å². The molecule has 5 nitrogen and oxygen atoms in total. The molecule has 0 saturated heterocycles. The van der Waals surface area contributed by atoms with Crippen LogP contribution in [0.3, 0.4) is 0 Å².